The van der Waals surface area contributed by atoms with Crippen LogP contribution in [0.2, 0.25) is 0 Å². The van der Waals surface area contributed by atoms with Crippen LogP contribution in [0.25, 0.3) is 44.4 Å². The minimum absolute atomic E-state index is 0.108. The van der Waals surface area contributed by atoms with Crippen molar-refractivity contribution in [2.24, 2.45) is 17.3 Å². The van der Waals surface area contributed by atoms with Crippen LogP contribution in [0.3, 0.4) is 0 Å². The van der Waals surface area contributed by atoms with Gasteiger partial charge in [0.1, 0.15) is 17.7 Å². The molecule has 51 heavy (non-hydrogen) atoms. The Bertz CT molecular complexity index is 2040. The summed E-state index contributed by atoms with van der Waals surface area (Å²) in [5, 5.41) is 11.9. The normalized spacial score (nSPS) is 19.4. The van der Waals surface area contributed by atoms with Crippen molar-refractivity contribution in [2.75, 3.05) is 13.7 Å². The summed E-state index contributed by atoms with van der Waals surface area (Å²) in [4.78, 5) is 42.0. The van der Waals surface area contributed by atoms with Crippen LogP contribution in [0.5, 0.6) is 0 Å². The zero-order valence-electron chi connectivity index (χ0n) is 29.6. The van der Waals surface area contributed by atoms with Crippen molar-refractivity contribution in [3.05, 3.63) is 84.7 Å². The maximum Gasteiger partial charge on any atom is 0.407 e. The largest absolute Gasteiger partial charge is 0.453 e. The lowest BCUT2D eigenvalue weighted by atomic mass is 9.96. The van der Waals surface area contributed by atoms with E-state index in [9.17, 15) is 9.59 Å². The number of ether oxygens (including phenoxy) is 1. The third kappa shape index (κ3) is 6.89. The number of fused-ring (bicyclic) bond motifs is 1. The van der Waals surface area contributed by atoms with E-state index in [0.717, 1.165) is 77.5 Å². The molecule has 1 aliphatic heterocycles. The molecule has 1 spiro atoms. The number of aromatic amines is 2. The molecule has 264 valence electrons. The third-order valence-electron chi connectivity index (χ3n) is 11.4. The number of carbonyl (C=O) groups is 2. The van der Waals surface area contributed by atoms with Crippen LogP contribution in [0.1, 0.15) is 82.5 Å². The number of methoxy groups -OCH3 is 1. The number of nitrogens with zero attached hydrogens (tertiary/aromatic N) is 2. The van der Waals surface area contributed by atoms with E-state index in [2.05, 4.69) is 86.6 Å². The van der Waals surface area contributed by atoms with E-state index < -0.39 is 12.1 Å². The zero-order chi connectivity index (χ0) is 35.1. The Morgan fingerprint density at radius 1 is 0.824 bits per heavy atom. The number of rotatable bonds is 10. The minimum atomic E-state index is -0.709. The van der Waals surface area contributed by atoms with E-state index in [4.69, 9.17) is 14.7 Å². The molecule has 10 heteroatoms. The first-order valence-electron chi connectivity index (χ1n) is 18.4. The van der Waals surface area contributed by atoms with Crippen LogP contribution in [0, 0.1) is 17.3 Å². The quantitative estimate of drug-likeness (QED) is 0.102. The lowest BCUT2D eigenvalue weighted by Gasteiger charge is -2.27. The fourth-order valence-electron chi connectivity index (χ4n) is 8.07. The van der Waals surface area contributed by atoms with E-state index in [1.165, 1.54) is 37.1 Å². The highest BCUT2D eigenvalue weighted by Gasteiger charge is 2.49. The number of imidazole rings is 2. The first kappa shape index (κ1) is 33.2. The molecule has 2 saturated carbocycles. The number of carbonyl (C=O) groups excluding carboxylic acids is 2. The van der Waals surface area contributed by atoms with Gasteiger partial charge in [-0.25, -0.2) is 14.8 Å². The summed E-state index contributed by atoms with van der Waals surface area (Å²) in [5.41, 5.74) is 6.93. The zero-order valence-corrected chi connectivity index (χ0v) is 29.6. The maximum absolute atomic E-state index is 13.4. The molecule has 5 aromatic rings. The molecule has 8 rings (SSSR count). The number of benzene rings is 3. The smallest absolute Gasteiger partial charge is 0.407 e. The van der Waals surface area contributed by atoms with Crippen molar-refractivity contribution < 1.29 is 14.3 Å². The number of hydrogen-bond donors (Lipinski definition) is 5. The molecule has 0 unspecified atom stereocenters. The van der Waals surface area contributed by atoms with E-state index in [1.54, 1.807) is 0 Å². The molecular weight excluding hydrogens is 638 g/mol. The summed E-state index contributed by atoms with van der Waals surface area (Å²) in [7, 11) is 1.30. The average molecular weight is 686 g/mol. The Balaban J connectivity index is 0.965. The predicted molar refractivity (Wildman–Crippen MR) is 199 cm³/mol. The summed E-state index contributed by atoms with van der Waals surface area (Å²) in [6.07, 6.45) is 11.3. The van der Waals surface area contributed by atoms with Gasteiger partial charge in [-0.2, -0.15) is 0 Å². The van der Waals surface area contributed by atoms with Gasteiger partial charge in [0.2, 0.25) is 5.91 Å². The lowest BCUT2D eigenvalue weighted by molar-refractivity contribution is -0.125. The second-order valence-corrected chi connectivity index (χ2v) is 15.2. The highest BCUT2D eigenvalue weighted by atomic mass is 16.5. The van der Waals surface area contributed by atoms with Crippen molar-refractivity contribution in [3.63, 3.8) is 0 Å². The monoisotopic (exact) mass is 685 g/mol. The molecule has 2 aliphatic carbocycles. The van der Waals surface area contributed by atoms with E-state index >= 15 is 0 Å². The Kier molecular flexibility index (Phi) is 8.88. The molecular formula is C41H47N7O3. The van der Waals surface area contributed by atoms with Crippen molar-refractivity contribution in [1.82, 2.24) is 35.9 Å². The summed E-state index contributed by atoms with van der Waals surface area (Å²) in [6, 6.07) is 21.1. The molecule has 0 bridgehead atoms. The topological polar surface area (TPSA) is 137 Å². The van der Waals surface area contributed by atoms with Crippen molar-refractivity contribution >= 4 is 22.8 Å². The summed E-state index contributed by atoms with van der Waals surface area (Å²) in [5.74, 6) is 1.70. The molecule has 1 saturated heterocycles. The highest BCUT2D eigenvalue weighted by Crippen LogP contribution is 2.54. The maximum atomic E-state index is 13.4. The van der Waals surface area contributed by atoms with Crippen LogP contribution < -0.4 is 16.0 Å². The Morgan fingerprint density at radius 3 is 2.16 bits per heavy atom. The highest BCUT2D eigenvalue weighted by molar-refractivity contribution is 5.90. The van der Waals surface area contributed by atoms with Crippen LogP contribution in [0.15, 0.2) is 73.1 Å². The summed E-state index contributed by atoms with van der Waals surface area (Å²) in [6.45, 7) is 4.92. The van der Waals surface area contributed by atoms with Crippen molar-refractivity contribution in [1.29, 1.82) is 0 Å². The fraction of sp³-hybridized carbons (Fsp3) is 0.415. The van der Waals surface area contributed by atoms with E-state index in [-0.39, 0.29) is 23.8 Å². The van der Waals surface area contributed by atoms with Gasteiger partial charge in [0.15, 0.2) is 0 Å². The fourth-order valence-corrected chi connectivity index (χ4v) is 8.07. The molecule has 3 fully saturated rings. The summed E-state index contributed by atoms with van der Waals surface area (Å²) < 4.78 is 4.76. The number of hydrogen-bond acceptors (Lipinski definition) is 6. The van der Waals surface area contributed by atoms with Gasteiger partial charge >= 0.3 is 6.09 Å². The number of nitrogens with one attached hydrogen (secondary N) is 5. The Morgan fingerprint density at radius 2 is 1.47 bits per heavy atom. The number of aromatic nitrogens is 4. The molecule has 2 amide bonds. The van der Waals surface area contributed by atoms with Gasteiger partial charge in [-0.15, -0.1) is 0 Å². The van der Waals surface area contributed by atoms with Crippen LogP contribution >= 0.6 is 0 Å². The molecule has 2 aromatic heterocycles. The molecule has 10 nitrogen and oxygen atoms in total. The van der Waals surface area contributed by atoms with Gasteiger partial charge in [-0.05, 0) is 89.0 Å². The van der Waals surface area contributed by atoms with E-state index in [1.807, 2.05) is 26.2 Å². The number of H-pyrrole nitrogens is 2. The first-order chi connectivity index (χ1) is 24.8. The van der Waals surface area contributed by atoms with Crippen molar-refractivity contribution in [3.8, 4) is 33.6 Å². The molecule has 3 atom stereocenters. The third-order valence-corrected chi connectivity index (χ3v) is 11.4. The number of alkyl carbamates (subject to hydrolysis) is 1. The van der Waals surface area contributed by atoms with Crippen LogP contribution in [-0.4, -0.2) is 51.6 Å². The molecule has 3 aliphatic rings. The van der Waals surface area contributed by atoms with Crippen LogP contribution in [-0.2, 0) is 9.53 Å². The standard InChI is InChI=1S/C41H47N7O3/c1-24(2)35(48-40(50)51-3)39(49)47-36(27-6-4-5-7-27)38-43-21-33(46-38)26-10-8-25(9-11-26)28-12-13-30-19-31(15-14-29(30)18-28)34-22-42-37(45-34)32-20-41(16-17-41)23-44-32/h8-15,18-19,21-22,24,27,32,35-36,44H,4-7,16-17,20,23H2,1-3H3,(H,42,45)(H,43,46)(H,47,49)(H,48,50)/t32-,35-,36-/m0/s1. The molecule has 3 aromatic carbocycles. The predicted octanol–water partition coefficient (Wildman–Crippen LogP) is 7.83. The van der Waals surface area contributed by atoms with Gasteiger partial charge in [-0.1, -0.05) is 75.2 Å². The minimum Gasteiger partial charge on any atom is -0.453 e. The van der Waals surface area contributed by atoms with Crippen LogP contribution in [0.4, 0.5) is 4.79 Å². The first-order valence-corrected chi connectivity index (χ1v) is 18.4. The lowest BCUT2D eigenvalue weighted by Crippen LogP contribution is -2.51. The Labute approximate surface area is 298 Å². The molecule has 0 radical (unpaired) electrons. The Hall–Kier alpha value is -4.96. The van der Waals surface area contributed by atoms with Gasteiger partial charge in [-0.3, -0.25) is 4.79 Å². The van der Waals surface area contributed by atoms with Gasteiger partial charge in [0.25, 0.3) is 0 Å². The average Bonchev–Trinajstić information content (AvgIpc) is 3.73. The number of amides is 2. The second-order valence-electron chi connectivity index (χ2n) is 15.2. The van der Waals surface area contributed by atoms with Gasteiger partial charge in [0.05, 0.1) is 43.0 Å². The summed E-state index contributed by atoms with van der Waals surface area (Å²) >= 11 is 0. The molecule has 5 N–H and O–H groups in total. The second kappa shape index (κ2) is 13.6. The SMILES string of the molecule is COC(=O)N[C@H](C(=O)N[C@H](c1ncc(-c2ccc(-c3ccc4cc(-c5cnc([C@@H]6CC7(CC7)CN6)[nH]5)ccc4c3)cc2)[nH]1)C1CCCC1)C(C)C. The van der Waals surface area contributed by atoms with Gasteiger partial charge in [0, 0.05) is 12.1 Å². The van der Waals surface area contributed by atoms with Crippen molar-refractivity contribution in [2.45, 2.75) is 76.9 Å². The van der Waals surface area contributed by atoms with E-state index in [0.29, 0.717) is 11.5 Å². The molecule has 3 heterocycles. The van der Waals surface area contributed by atoms with Gasteiger partial charge < -0.3 is 30.7 Å².